The van der Waals surface area contributed by atoms with Gasteiger partial charge in [-0.05, 0) is 38.6 Å². The van der Waals surface area contributed by atoms with Gasteiger partial charge in [0.05, 0.1) is 11.8 Å². The molecule has 0 spiro atoms. The van der Waals surface area contributed by atoms with Gasteiger partial charge in [0.25, 0.3) is 0 Å². The van der Waals surface area contributed by atoms with E-state index >= 15 is 0 Å². The van der Waals surface area contributed by atoms with Gasteiger partial charge in [-0.15, -0.1) is 0 Å². The number of likely N-dealkylation sites (tertiary alicyclic amines) is 1. The molecule has 0 radical (unpaired) electrons. The number of rotatable bonds is 4. The van der Waals surface area contributed by atoms with E-state index in [-0.39, 0.29) is 29.7 Å². The molecule has 17 heavy (non-hydrogen) atoms. The van der Waals surface area contributed by atoms with Gasteiger partial charge in [-0.2, -0.15) is 0 Å². The second kappa shape index (κ2) is 4.77. The van der Waals surface area contributed by atoms with E-state index in [2.05, 4.69) is 6.92 Å². The molecule has 4 heteroatoms. The molecule has 2 N–H and O–H groups in total. The number of hydrogen-bond donors (Lipinski definition) is 1. The molecule has 1 saturated carbocycles. The molecule has 2 amide bonds. The average molecular weight is 238 g/mol. The van der Waals surface area contributed by atoms with Crippen LogP contribution in [0.3, 0.4) is 0 Å². The van der Waals surface area contributed by atoms with Crippen molar-refractivity contribution in [3.8, 4) is 0 Å². The molecule has 1 aliphatic carbocycles. The van der Waals surface area contributed by atoms with Gasteiger partial charge >= 0.3 is 0 Å². The van der Waals surface area contributed by atoms with Crippen LogP contribution in [0.5, 0.6) is 0 Å². The predicted octanol–water partition coefficient (Wildman–Crippen LogP) is 1.14. The summed E-state index contributed by atoms with van der Waals surface area (Å²) in [6, 6.07) is -0.0364. The molecular formula is C13H22N2O2. The predicted molar refractivity (Wildman–Crippen MR) is 65.0 cm³/mol. The summed E-state index contributed by atoms with van der Waals surface area (Å²) in [7, 11) is 0. The Morgan fingerprint density at radius 2 is 1.82 bits per heavy atom. The third-order valence-corrected chi connectivity index (χ3v) is 4.37. The molecule has 0 aromatic heterocycles. The van der Waals surface area contributed by atoms with Crippen molar-refractivity contribution in [2.75, 3.05) is 6.54 Å². The highest BCUT2D eigenvalue weighted by Gasteiger charge is 2.53. The normalized spacial score (nSPS) is 34.3. The molecule has 4 nitrogen and oxygen atoms in total. The monoisotopic (exact) mass is 238 g/mol. The molecule has 0 aromatic rings. The molecule has 2 fully saturated rings. The van der Waals surface area contributed by atoms with E-state index in [1.807, 2.05) is 6.92 Å². The van der Waals surface area contributed by atoms with E-state index in [0.29, 0.717) is 18.9 Å². The quantitative estimate of drug-likeness (QED) is 0.747. The molecule has 3 unspecified atom stereocenters. The topological polar surface area (TPSA) is 63.4 Å². The van der Waals surface area contributed by atoms with Crippen molar-refractivity contribution in [2.24, 2.45) is 23.5 Å². The first-order valence-electron chi connectivity index (χ1n) is 6.67. The van der Waals surface area contributed by atoms with Crippen LogP contribution < -0.4 is 5.73 Å². The second-order valence-corrected chi connectivity index (χ2v) is 5.43. The van der Waals surface area contributed by atoms with Crippen LogP contribution in [0.15, 0.2) is 0 Å². The van der Waals surface area contributed by atoms with E-state index in [4.69, 9.17) is 5.73 Å². The summed E-state index contributed by atoms with van der Waals surface area (Å²) in [6.07, 6.45) is 3.58. The SMILES string of the molecule is CCC1CC2C(=O)N(C(C)CCN)C(=O)C2C1. The molecule has 2 aliphatic rings. The fraction of sp³-hybridized carbons (Fsp3) is 0.846. The first-order chi connectivity index (χ1) is 8.10. The second-order valence-electron chi connectivity index (χ2n) is 5.43. The van der Waals surface area contributed by atoms with Gasteiger partial charge in [-0.3, -0.25) is 14.5 Å². The average Bonchev–Trinajstić information content (AvgIpc) is 2.81. The van der Waals surface area contributed by atoms with Crippen molar-refractivity contribution >= 4 is 11.8 Å². The Labute approximate surface area is 103 Å². The van der Waals surface area contributed by atoms with Crippen molar-refractivity contribution in [3.63, 3.8) is 0 Å². The zero-order valence-electron chi connectivity index (χ0n) is 10.7. The van der Waals surface area contributed by atoms with Gasteiger partial charge in [0, 0.05) is 6.04 Å². The zero-order chi connectivity index (χ0) is 12.6. The number of carbonyl (C=O) groups excluding carboxylic acids is 2. The number of fused-ring (bicyclic) bond motifs is 1. The van der Waals surface area contributed by atoms with E-state index in [0.717, 1.165) is 19.3 Å². The molecule has 0 aromatic carbocycles. The molecule has 96 valence electrons. The smallest absolute Gasteiger partial charge is 0.233 e. The van der Waals surface area contributed by atoms with Crippen LogP contribution in [0.4, 0.5) is 0 Å². The van der Waals surface area contributed by atoms with E-state index in [1.165, 1.54) is 4.90 Å². The summed E-state index contributed by atoms with van der Waals surface area (Å²) < 4.78 is 0. The first-order valence-corrected chi connectivity index (χ1v) is 6.67. The lowest BCUT2D eigenvalue weighted by molar-refractivity contribution is -0.143. The lowest BCUT2D eigenvalue weighted by Crippen LogP contribution is -2.40. The molecular weight excluding hydrogens is 216 g/mol. The standard InChI is InChI=1S/C13H22N2O2/c1-3-9-6-10-11(7-9)13(17)15(12(10)16)8(2)4-5-14/h8-11H,3-7,14H2,1-2H3. The van der Waals surface area contributed by atoms with Crippen LogP contribution in [0.25, 0.3) is 0 Å². The lowest BCUT2D eigenvalue weighted by atomic mass is 10.00. The van der Waals surface area contributed by atoms with Crippen molar-refractivity contribution in [1.82, 2.24) is 4.90 Å². The third-order valence-electron chi connectivity index (χ3n) is 4.37. The van der Waals surface area contributed by atoms with Crippen LogP contribution in [0.1, 0.15) is 39.5 Å². The summed E-state index contributed by atoms with van der Waals surface area (Å²) in [5, 5.41) is 0. The molecule has 0 bridgehead atoms. The minimum absolute atomic E-state index is 0.0346. The Morgan fingerprint density at radius 1 is 1.29 bits per heavy atom. The van der Waals surface area contributed by atoms with Gasteiger partial charge in [0.1, 0.15) is 0 Å². The van der Waals surface area contributed by atoms with Crippen LogP contribution in [-0.2, 0) is 9.59 Å². The Bertz CT molecular complexity index is 305. The summed E-state index contributed by atoms with van der Waals surface area (Å²) in [4.78, 5) is 26.0. The van der Waals surface area contributed by atoms with Crippen LogP contribution in [0.2, 0.25) is 0 Å². The Kier molecular flexibility index (Phi) is 3.52. The summed E-state index contributed by atoms with van der Waals surface area (Å²) in [6.45, 7) is 4.57. The number of carbonyl (C=O) groups is 2. The lowest BCUT2D eigenvalue weighted by Gasteiger charge is -2.24. The van der Waals surface area contributed by atoms with E-state index in [9.17, 15) is 9.59 Å². The minimum Gasteiger partial charge on any atom is -0.330 e. The summed E-state index contributed by atoms with van der Waals surface area (Å²) in [5.41, 5.74) is 5.50. The van der Waals surface area contributed by atoms with Gasteiger partial charge in [0.2, 0.25) is 11.8 Å². The maximum Gasteiger partial charge on any atom is 0.233 e. The Balaban J connectivity index is 2.11. The van der Waals surface area contributed by atoms with Gasteiger partial charge < -0.3 is 5.73 Å². The number of imide groups is 1. The number of hydrogen-bond acceptors (Lipinski definition) is 3. The summed E-state index contributed by atoms with van der Waals surface area (Å²) >= 11 is 0. The highest BCUT2D eigenvalue weighted by molar-refractivity contribution is 6.05. The van der Waals surface area contributed by atoms with Gasteiger partial charge in [-0.1, -0.05) is 13.3 Å². The number of nitrogens with zero attached hydrogens (tertiary/aromatic N) is 1. The van der Waals surface area contributed by atoms with Crippen molar-refractivity contribution in [2.45, 2.75) is 45.6 Å². The fourth-order valence-corrected chi connectivity index (χ4v) is 3.29. The third kappa shape index (κ3) is 1.99. The van der Waals surface area contributed by atoms with Crippen molar-refractivity contribution in [3.05, 3.63) is 0 Å². The molecule has 3 atom stereocenters. The first kappa shape index (κ1) is 12.6. The number of nitrogens with two attached hydrogens (primary N) is 1. The van der Waals surface area contributed by atoms with Gasteiger partial charge in [-0.25, -0.2) is 0 Å². The zero-order valence-corrected chi connectivity index (χ0v) is 10.7. The molecule has 1 aliphatic heterocycles. The van der Waals surface area contributed by atoms with Crippen molar-refractivity contribution in [1.29, 1.82) is 0 Å². The van der Waals surface area contributed by atoms with Crippen molar-refractivity contribution < 1.29 is 9.59 Å². The minimum atomic E-state index is -0.0364. The maximum absolute atomic E-state index is 12.2. The molecule has 2 rings (SSSR count). The Hall–Kier alpha value is -0.900. The molecule has 1 heterocycles. The highest BCUT2D eigenvalue weighted by atomic mass is 16.2. The van der Waals surface area contributed by atoms with Crippen LogP contribution >= 0.6 is 0 Å². The summed E-state index contributed by atoms with van der Waals surface area (Å²) in [5.74, 6) is 0.596. The number of amides is 2. The van der Waals surface area contributed by atoms with Crippen LogP contribution in [0, 0.1) is 17.8 Å². The largest absolute Gasteiger partial charge is 0.330 e. The Morgan fingerprint density at radius 3 is 2.24 bits per heavy atom. The van der Waals surface area contributed by atoms with Gasteiger partial charge in [0.15, 0.2) is 0 Å². The highest BCUT2D eigenvalue weighted by Crippen LogP contribution is 2.44. The van der Waals surface area contributed by atoms with Crippen LogP contribution in [-0.4, -0.2) is 29.3 Å². The maximum atomic E-state index is 12.2. The van der Waals surface area contributed by atoms with E-state index in [1.54, 1.807) is 0 Å². The van der Waals surface area contributed by atoms with E-state index < -0.39 is 0 Å². The molecule has 1 saturated heterocycles. The fourth-order valence-electron chi connectivity index (χ4n) is 3.29.